The number of fused-ring (bicyclic) bond motifs is 2. The monoisotopic (exact) mass is 382 g/mol. The van der Waals surface area contributed by atoms with Crippen molar-refractivity contribution < 1.29 is 10.2 Å². The van der Waals surface area contributed by atoms with Crippen molar-refractivity contribution >= 4 is 21.5 Å². The molecular weight excluding hydrogens is 368 g/mol. The Morgan fingerprint density at radius 3 is 1.23 bits per heavy atom. The molecule has 4 aromatic rings. The summed E-state index contributed by atoms with van der Waals surface area (Å²) in [5, 5.41) is 24.4. The predicted molar refractivity (Wildman–Crippen MR) is 122 cm³/mol. The zero-order chi connectivity index (χ0) is 21.4. The topological polar surface area (TPSA) is 40.5 Å². The minimum atomic E-state index is -0.0317. The number of hydrogen-bond donors (Lipinski definition) is 2. The Bertz CT molecular complexity index is 1420. The number of terminal acetylenes is 4. The van der Waals surface area contributed by atoms with E-state index in [1.165, 1.54) is 0 Å². The lowest BCUT2D eigenvalue weighted by Crippen LogP contribution is -1.92. The van der Waals surface area contributed by atoms with Gasteiger partial charge in [0.25, 0.3) is 0 Å². The molecule has 0 bridgehead atoms. The van der Waals surface area contributed by atoms with E-state index in [1.54, 1.807) is 48.5 Å². The minimum Gasteiger partial charge on any atom is -0.507 e. The molecule has 0 amide bonds. The summed E-state index contributed by atoms with van der Waals surface area (Å²) < 4.78 is 0. The third kappa shape index (κ3) is 2.70. The first-order chi connectivity index (χ1) is 14.5. The molecule has 0 spiro atoms. The molecule has 0 aliphatic rings. The lowest BCUT2D eigenvalue weighted by molar-refractivity contribution is 0.470. The van der Waals surface area contributed by atoms with E-state index in [0.717, 1.165) is 10.8 Å². The van der Waals surface area contributed by atoms with Gasteiger partial charge < -0.3 is 10.2 Å². The highest BCUT2D eigenvalue weighted by Crippen LogP contribution is 2.45. The van der Waals surface area contributed by atoms with Gasteiger partial charge in [-0.25, -0.2) is 0 Å². The molecule has 4 rings (SSSR count). The Morgan fingerprint density at radius 2 is 0.900 bits per heavy atom. The highest BCUT2D eigenvalue weighted by molar-refractivity contribution is 6.12. The Balaban J connectivity index is 2.27. The third-order valence-corrected chi connectivity index (χ3v) is 5.12. The van der Waals surface area contributed by atoms with Gasteiger partial charge in [-0.3, -0.25) is 0 Å². The SMILES string of the molecule is C#Cc1cc(C#C)c2ccc(O)c(-c3c(O)ccc4c(C#C)cc(C#C)cc34)c2c1. The van der Waals surface area contributed by atoms with Crippen molar-refractivity contribution in [3.05, 3.63) is 70.8 Å². The van der Waals surface area contributed by atoms with Crippen LogP contribution in [0.5, 0.6) is 11.5 Å². The molecule has 0 heterocycles. The van der Waals surface area contributed by atoms with Gasteiger partial charge >= 0.3 is 0 Å². The molecule has 0 fully saturated rings. The lowest BCUT2D eigenvalue weighted by Gasteiger charge is -2.16. The van der Waals surface area contributed by atoms with Crippen molar-refractivity contribution in [2.75, 3.05) is 0 Å². The molecule has 0 atom stereocenters. The van der Waals surface area contributed by atoms with Crippen LogP contribution in [0.1, 0.15) is 22.3 Å². The lowest BCUT2D eigenvalue weighted by atomic mass is 9.88. The van der Waals surface area contributed by atoms with E-state index in [1.807, 2.05) is 0 Å². The quantitative estimate of drug-likeness (QED) is 0.455. The van der Waals surface area contributed by atoms with E-state index >= 15 is 0 Å². The molecule has 0 saturated heterocycles. The van der Waals surface area contributed by atoms with Gasteiger partial charge in [0.1, 0.15) is 11.5 Å². The molecule has 30 heavy (non-hydrogen) atoms. The molecule has 2 N–H and O–H groups in total. The van der Waals surface area contributed by atoms with E-state index in [0.29, 0.717) is 44.2 Å². The summed E-state index contributed by atoms with van der Waals surface area (Å²) in [4.78, 5) is 0. The molecule has 4 aromatic carbocycles. The summed E-state index contributed by atoms with van der Waals surface area (Å²) in [7, 11) is 0. The van der Waals surface area contributed by atoms with Crippen molar-refractivity contribution in [1.82, 2.24) is 0 Å². The van der Waals surface area contributed by atoms with Crippen LogP contribution in [0.3, 0.4) is 0 Å². The second kappa shape index (κ2) is 7.00. The van der Waals surface area contributed by atoms with Crippen LogP contribution in [0, 0.1) is 49.4 Å². The standard InChI is InChI=1S/C28H14O2/c1-5-17-13-19(7-3)21-9-11-25(29)27(23(21)15-17)28-24-16-18(6-2)14-20(8-4)22(24)10-12-26(28)30/h1-4,9-16,29-30H. The molecular formula is C28H14O2. The fourth-order valence-corrected chi connectivity index (χ4v) is 3.78. The molecule has 0 saturated carbocycles. The van der Waals surface area contributed by atoms with Gasteiger partial charge in [-0.1, -0.05) is 23.7 Å². The molecule has 2 nitrogen and oxygen atoms in total. The maximum atomic E-state index is 10.8. The van der Waals surface area contributed by atoms with Gasteiger partial charge in [-0.15, -0.1) is 25.7 Å². The first-order valence-electron chi connectivity index (χ1n) is 8.98. The fourth-order valence-electron chi connectivity index (χ4n) is 3.78. The van der Waals surface area contributed by atoms with Crippen molar-refractivity contribution in [3.63, 3.8) is 0 Å². The number of phenols is 2. The first kappa shape index (κ1) is 18.6. The minimum absolute atomic E-state index is 0.0317. The second-order valence-corrected chi connectivity index (χ2v) is 6.73. The van der Waals surface area contributed by atoms with Crippen LogP contribution in [0.25, 0.3) is 32.7 Å². The number of aromatic hydroxyl groups is 2. The summed E-state index contributed by atoms with van der Waals surface area (Å²) in [6.07, 6.45) is 22.6. The maximum Gasteiger partial charge on any atom is 0.124 e. The molecule has 138 valence electrons. The molecule has 0 aromatic heterocycles. The zero-order valence-electron chi connectivity index (χ0n) is 15.8. The van der Waals surface area contributed by atoms with Gasteiger partial charge in [0.05, 0.1) is 0 Å². The van der Waals surface area contributed by atoms with Crippen molar-refractivity contribution in [1.29, 1.82) is 0 Å². The van der Waals surface area contributed by atoms with Crippen LogP contribution < -0.4 is 0 Å². The number of phenolic OH excluding ortho intramolecular Hbond substituents is 2. The second-order valence-electron chi connectivity index (χ2n) is 6.73. The van der Waals surface area contributed by atoms with E-state index < -0.39 is 0 Å². The third-order valence-electron chi connectivity index (χ3n) is 5.12. The Kier molecular flexibility index (Phi) is 4.34. The molecule has 0 unspecified atom stereocenters. The zero-order valence-corrected chi connectivity index (χ0v) is 15.8. The smallest absolute Gasteiger partial charge is 0.124 e. The number of benzene rings is 4. The van der Waals surface area contributed by atoms with Crippen LogP contribution in [0.15, 0.2) is 48.5 Å². The summed E-state index contributed by atoms with van der Waals surface area (Å²) in [6, 6.07) is 13.5. The number of hydrogen-bond acceptors (Lipinski definition) is 2. The normalized spacial score (nSPS) is 10.1. The first-order valence-corrected chi connectivity index (χ1v) is 8.98. The largest absolute Gasteiger partial charge is 0.507 e. The van der Waals surface area contributed by atoms with Crippen LogP contribution in [0.2, 0.25) is 0 Å². The Labute approximate surface area is 174 Å². The summed E-state index contributed by atoms with van der Waals surface area (Å²) >= 11 is 0. The predicted octanol–water partition coefficient (Wildman–Crippen LogP) is 5.00. The number of rotatable bonds is 1. The van der Waals surface area contributed by atoms with Gasteiger partial charge in [-0.05, 0) is 70.1 Å². The van der Waals surface area contributed by atoms with E-state index in [2.05, 4.69) is 23.7 Å². The highest BCUT2D eigenvalue weighted by Gasteiger charge is 2.19. The maximum absolute atomic E-state index is 10.8. The average molecular weight is 382 g/mol. The molecule has 0 radical (unpaired) electrons. The summed E-state index contributed by atoms with van der Waals surface area (Å²) in [5.74, 6) is 10.4. The summed E-state index contributed by atoms with van der Waals surface area (Å²) in [5.41, 5.74) is 3.12. The Morgan fingerprint density at radius 1 is 0.500 bits per heavy atom. The summed E-state index contributed by atoms with van der Waals surface area (Å²) in [6.45, 7) is 0. The van der Waals surface area contributed by atoms with E-state index in [-0.39, 0.29) is 11.5 Å². The average Bonchev–Trinajstić information content (AvgIpc) is 2.77. The van der Waals surface area contributed by atoms with E-state index in [4.69, 9.17) is 25.7 Å². The molecule has 0 aliphatic carbocycles. The molecule has 0 aliphatic heterocycles. The van der Waals surface area contributed by atoms with Gasteiger partial charge in [-0.2, -0.15) is 0 Å². The van der Waals surface area contributed by atoms with Crippen molar-refractivity contribution in [2.45, 2.75) is 0 Å². The van der Waals surface area contributed by atoms with Gasteiger partial charge in [0.2, 0.25) is 0 Å². The van der Waals surface area contributed by atoms with Crippen LogP contribution in [-0.2, 0) is 0 Å². The van der Waals surface area contributed by atoms with Gasteiger partial charge in [0.15, 0.2) is 0 Å². The van der Waals surface area contributed by atoms with Crippen molar-refractivity contribution in [2.24, 2.45) is 0 Å². The van der Waals surface area contributed by atoms with Gasteiger partial charge in [0, 0.05) is 33.4 Å². The van der Waals surface area contributed by atoms with Crippen LogP contribution in [-0.4, -0.2) is 10.2 Å². The van der Waals surface area contributed by atoms with Crippen LogP contribution in [0.4, 0.5) is 0 Å². The highest BCUT2D eigenvalue weighted by atomic mass is 16.3. The molecule has 2 heteroatoms. The fraction of sp³-hybridized carbons (Fsp3) is 0. The Hall–Kier alpha value is -4.76. The van der Waals surface area contributed by atoms with Crippen LogP contribution >= 0.6 is 0 Å². The van der Waals surface area contributed by atoms with E-state index in [9.17, 15) is 10.2 Å². The van der Waals surface area contributed by atoms with Crippen molar-refractivity contribution in [3.8, 4) is 72.0 Å².